The number of carbonyl (C=O) groups excluding carboxylic acids is 1. The molecule has 0 atom stereocenters. The first-order chi connectivity index (χ1) is 10.9. The van der Waals surface area contributed by atoms with Gasteiger partial charge in [-0.3, -0.25) is 4.79 Å². The second-order valence-corrected chi connectivity index (χ2v) is 4.96. The average Bonchev–Trinajstić information content (AvgIpc) is 2.94. The number of rotatable bonds is 4. The second kappa shape index (κ2) is 6.88. The molecule has 6 heteroatoms. The van der Waals surface area contributed by atoms with Crippen LogP contribution in [0, 0.1) is 36.8 Å². The number of amides is 1. The summed E-state index contributed by atoms with van der Waals surface area (Å²) >= 11 is 0. The van der Waals surface area contributed by atoms with Crippen LogP contribution in [0.25, 0.3) is 6.08 Å². The van der Waals surface area contributed by atoms with Crippen LogP contribution in [0.15, 0.2) is 34.3 Å². The van der Waals surface area contributed by atoms with Crippen molar-refractivity contribution in [2.24, 2.45) is 0 Å². The Bertz CT molecular complexity index is 816. The van der Waals surface area contributed by atoms with Gasteiger partial charge in [0.1, 0.15) is 34.8 Å². The monoisotopic (exact) mass is 316 g/mol. The summed E-state index contributed by atoms with van der Waals surface area (Å²) in [6.07, 6.45) is 0.903. The van der Waals surface area contributed by atoms with Crippen molar-refractivity contribution in [2.45, 2.75) is 20.4 Å². The number of halogens is 2. The minimum Gasteiger partial charge on any atom is -0.465 e. The van der Waals surface area contributed by atoms with Gasteiger partial charge >= 0.3 is 0 Å². The van der Waals surface area contributed by atoms with Crippen LogP contribution in [0.5, 0.6) is 0 Å². The molecule has 0 saturated carbocycles. The molecule has 4 nitrogen and oxygen atoms in total. The summed E-state index contributed by atoms with van der Waals surface area (Å²) in [6.45, 7) is 3.30. The number of nitrogens with zero attached hydrogens (tertiary/aromatic N) is 1. The first-order valence-corrected chi connectivity index (χ1v) is 6.82. The Morgan fingerprint density at radius 2 is 2.04 bits per heavy atom. The Hall–Kier alpha value is -2.94. The van der Waals surface area contributed by atoms with Crippen molar-refractivity contribution in [1.82, 2.24) is 5.32 Å². The fourth-order valence-electron chi connectivity index (χ4n) is 1.95. The van der Waals surface area contributed by atoms with Gasteiger partial charge in [-0.1, -0.05) is 6.07 Å². The molecule has 0 saturated heterocycles. The lowest BCUT2D eigenvalue weighted by atomic mass is 10.1. The number of aryl methyl sites for hydroxylation is 2. The molecule has 0 fully saturated rings. The Kier molecular flexibility index (Phi) is 4.91. The van der Waals surface area contributed by atoms with E-state index in [-0.39, 0.29) is 12.1 Å². The largest absolute Gasteiger partial charge is 0.465 e. The van der Waals surface area contributed by atoms with Crippen molar-refractivity contribution >= 4 is 12.0 Å². The predicted octanol–water partition coefficient (Wildman–Crippen LogP) is 3.40. The van der Waals surface area contributed by atoms with Crippen LogP contribution in [0.4, 0.5) is 8.78 Å². The summed E-state index contributed by atoms with van der Waals surface area (Å²) < 4.78 is 32.9. The fraction of sp³-hybridized carbons (Fsp3) is 0.176. The van der Waals surface area contributed by atoms with Gasteiger partial charge < -0.3 is 9.73 Å². The van der Waals surface area contributed by atoms with Gasteiger partial charge in [0.05, 0.1) is 6.54 Å². The number of furan rings is 1. The van der Waals surface area contributed by atoms with E-state index in [0.29, 0.717) is 11.5 Å². The molecule has 0 aliphatic rings. The number of hydrogen-bond donors (Lipinski definition) is 1. The Balaban J connectivity index is 2.20. The molecule has 0 aliphatic carbocycles. The first kappa shape index (κ1) is 16.4. The highest BCUT2D eigenvalue weighted by atomic mass is 19.1. The highest BCUT2D eigenvalue weighted by Gasteiger charge is 2.15. The molecule has 1 amide bonds. The third-order valence-electron chi connectivity index (χ3n) is 3.19. The minimum atomic E-state index is -0.838. The maximum Gasteiger partial charge on any atom is 0.262 e. The van der Waals surface area contributed by atoms with Crippen molar-refractivity contribution in [3.05, 3.63) is 64.1 Å². The molecule has 2 rings (SSSR count). The van der Waals surface area contributed by atoms with E-state index in [4.69, 9.17) is 9.68 Å². The summed E-state index contributed by atoms with van der Waals surface area (Å²) in [6, 6.07) is 7.44. The van der Waals surface area contributed by atoms with Crippen molar-refractivity contribution in [3.8, 4) is 6.07 Å². The van der Waals surface area contributed by atoms with E-state index in [2.05, 4.69) is 5.32 Å². The lowest BCUT2D eigenvalue weighted by molar-refractivity contribution is -0.117. The van der Waals surface area contributed by atoms with Crippen LogP contribution in [0.2, 0.25) is 0 Å². The lowest BCUT2D eigenvalue weighted by Gasteiger charge is -2.05. The SMILES string of the molecule is Cc1ccc(CNC(=O)/C(C#N)=C/c2c(F)ccc(C)c2F)o1. The molecule has 0 radical (unpaired) electrons. The van der Waals surface area contributed by atoms with Gasteiger partial charge in [-0.2, -0.15) is 5.26 Å². The highest BCUT2D eigenvalue weighted by molar-refractivity contribution is 6.01. The van der Waals surface area contributed by atoms with Gasteiger partial charge in [-0.25, -0.2) is 8.78 Å². The summed E-state index contributed by atoms with van der Waals surface area (Å²) in [5.74, 6) is -1.17. The van der Waals surface area contributed by atoms with Crippen LogP contribution in [-0.4, -0.2) is 5.91 Å². The number of nitrogens with one attached hydrogen (secondary N) is 1. The molecule has 1 heterocycles. The van der Waals surface area contributed by atoms with E-state index in [1.54, 1.807) is 25.1 Å². The molecule has 2 aromatic rings. The molecular formula is C17H14F2N2O2. The summed E-state index contributed by atoms with van der Waals surface area (Å²) in [4.78, 5) is 12.0. The molecule has 0 unspecified atom stereocenters. The van der Waals surface area contributed by atoms with E-state index in [1.165, 1.54) is 13.0 Å². The van der Waals surface area contributed by atoms with E-state index in [0.717, 1.165) is 12.1 Å². The molecule has 0 spiro atoms. The van der Waals surface area contributed by atoms with Crippen molar-refractivity contribution in [1.29, 1.82) is 5.26 Å². The Morgan fingerprint density at radius 1 is 1.30 bits per heavy atom. The molecule has 0 aliphatic heterocycles. The number of benzene rings is 1. The molecule has 0 bridgehead atoms. The average molecular weight is 316 g/mol. The fourth-order valence-corrected chi connectivity index (χ4v) is 1.95. The van der Waals surface area contributed by atoms with Gasteiger partial charge in [-0.15, -0.1) is 0 Å². The summed E-state index contributed by atoms with van der Waals surface area (Å²) in [5.41, 5.74) is -0.580. The summed E-state index contributed by atoms with van der Waals surface area (Å²) in [7, 11) is 0. The van der Waals surface area contributed by atoms with Crippen LogP contribution < -0.4 is 5.32 Å². The van der Waals surface area contributed by atoms with Crippen LogP contribution in [-0.2, 0) is 11.3 Å². The number of carbonyl (C=O) groups is 1. The quantitative estimate of drug-likeness (QED) is 0.694. The zero-order chi connectivity index (χ0) is 17.0. The van der Waals surface area contributed by atoms with Gasteiger partial charge in [0.15, 0.2) is 0 Å². The molecule has 1 aromatic carbocycles. The zero-order valence-corrected chi connectivity index (χ0v) is 12.6. The van der Waals surface area contributed by atoms with Crippen molar-refractivity contribution < 1.29 is 18.0 Å². The zero-order valence-electron chi connectivity index (χ0n) is 12.6. The van der Waals surface area contributed by atoms with Gasteiger partial charge in [0, 0.05) is 5.56 Å². The highest BCUT2D eigenvalue weighted by Crippen LogP contribution is 2.19. The van der Waals surface area contributed by atoms with Crippen LogP contribution in [0.3, 0.4) is 0 Å². The number of nitriles is 1. The molecule has 23 heavy (non-hydrogen) atoms. The number of hydrogen-bond acceptors (Lipinski definition) is 3. The molecule has 118 valence electrons. The third kappa shape index (κ3) is 3.83. The maximum absolute atomic E-state index is 13.9. The van der Waals surface area contributed by atoms with Gasteiger partial charge in [0.25, 0.3) is 5.91 Å². The summed E-state index contributed by atoms with van der Waals surface area (Å²) in [5, 5.41) is 11.5. The van der Waals surface area contributed by atoms with E-state index < -0.39 is 28.7 Å². The standard InChI is InChI=1S/C17H14F2N2O2/c1-10-3-6-15(18)14(16(10)19)7-12(8-20)17(22)21-9-13-5-4-11(2)23-13/h3-7H,9H2,1-2H3,(H,21,22)/b12-7+. The molecule has 1 N–H and O–H groups in total. The first-order valence-electron chi connectivity index (χ1n) is 6.82. The van der Waals surface area contributed by atoms with E-state index >= 15 is 0 Å². The second-order valence-electron chi connectivity index (χ2n) is 4.96. The minimum absolute atomic E-state index is 0.0739. The van der Waals surface area contributed by atoms with E-state index in [9.17, 15) is 13.6 Å². The van der Waals surface area contributed by atoms with Crippen molar-refractivity contribution in [3.63, 3.8) is 0 Å². The van der Waals surface area contributed by atoms with Crippen molar-refractivity contribution in [2.75, 3.05) is 0 Å². The Morgan fingerprint density at radius 3 is 2.65 bits per heavy atom. The smallest absolute Gasteiger partial charge is 0.262 e. The molecule has 1 aromatic heterocycles. The predicted molar refractivity (Wildman–Crippen MR) is 80.0 cm³/mol. The Labute approximate surface area is 132 Å². The normalized spacial score (nSPS) is 11.2. The lowest BCUT2D eigenvalue weighted by Crippen LogP contribution is -2.23. The van der Waals surface area contributed by atoms with E-state index in [1.807, 2.05) is 0 Å². The molecular weight excluding hydrogens is 302 g/mol. The maximum atomic E-state index is 13.9. The topological polar surface area (TPSA) is 66.0 Å². The third-order valence-corrected chi connectivity index (χ3v) is 3.19. The van der Waals surface area contributed by atoms with Gasteiger partial charge in [0.2, 0.25) is 0 Å². The van der Waals surface area contributed by atoms with Crippen LogP contribution >= 0.6 is 0 Å². The van der Waals surface area contributed by atoms with Crippen LogP contribution in [0.1, 0.15) is 22.6 Å². The van der Waals surface area contributed by atoms with Gasteiger partial charge in [-0.05, 0) is 43.7 Å².